The molecule has 0 bridgehead atoms. The smallest absolute Gasteiger partial charge is 0.255 e. The molecule has 0 amide bonds. The van der Waals surface area contributed by atoms with Crippen LogP contribution < -0.4 is 21.3 Å². The van der Waals surface area contributed by atoms with E-state index in [-0.39, 0.29) is 19.5 Å². The monoisotopic (exact) mass is 720 g/mol. The molecule has 1 saturated heterocycles. The summed E-state index contributed by atoms with van der Waals surface area (Å²) < 4.78 is 118. The quantitative estimate of drug-likeness (QED) is 0.141. The summed E-state index contributed by atoms with van der Waals surface area (Å²) in [7, 11) is -21.3. The van der Waals surface area contributed by atoms with Gasteiger partial charge in [0.1, 0.15) is 0 Å². The van der Waals surface area contributed by atoms with Crippen molar-refractivity contribution in [1.82, 2.24) is 31.2 Å². The normalized spacial score (nSPS) is 18.7. The molecule has 0 spiro atoms. The van der Waals surface area contributed by atoms with Gasteiger partial charge in [0.25, 0.3) is 0 Å². The van der Waals surface area contributed by atoms with Crippen LogP contribution in [0.4, 0.5) is 50.4 Å². The maximum atomic E-state index is 9.87. The maximum absolute atomic E-state index is 10.7. The van der Waals surface area contributed by atoms with Gasteiger partial charge in [0.2, 0.25) is 0 Å². The summed E-state index contributed by atoms with van der Waals surface area (Å²) in [4.78, 5) is 8.37. The van der Waals surface area contributed by atoms with E-state index in [2.05, 4.69) is 31.2 Å². The third-order valence-electron chi connectivity index (χ3n) is 3.51. The number of pyridine rings is 2. The van der Waals surface area contributed by atoms with Crippen molar-refractivity contribution < 1.29 is 69.8 Å². The Morgan fingerprint density at radius 2 is 0.641 bits per heavy atom. The van der Waals surface area contributed by atoms with Crippen LogP contribution in [-0.2, 0) is 19.5 Å². The first-order valence-electron chi connectivity index (χ1n) is 10.6. The minimum absolute atomic E-state index is 0. The molecule has 21 heteroatoms. The summed E-state index contributed by atoms with van der Waals surface area (Å²) >= 11 is 0. The van der Waals surface area contributed by atoms with Gasteiger partial charge in [-0.2, -0.15) is 0 Å². The Morgan fingerprint density at radius 3 is 0.795 bits per heavy atom. The molecular weight excluding hydrogens is 691 g/mol. The van der Waals surface area contributed by atoms with Gasteiger partial charge >= 0.3 is 85.5 Å². The fourth-order valence-electron chi connectivity index (χ4n) is 2.24. The van der Waals surface area contributed by atoms with Crippen LogP contribution in [0, 0.1) is 0 Å². The Labute approximate surface area is 229 Å². The molecule has 0 aliphatic carbocycles. The predicted octanol–water partition coefficient (Wildman–Crippen LogP) is 7.26. The van der Waals surface area contributed by atoms with Crippen molar-refractivity contribution >= 4 is 15.6 Å². The van der Waals surface area contributed by atoms with Crippen molar-refractivity contribution in [3.05, 3.63) is 48.8 Å². The fraction of sp³-hybridized carbons (Fsp3) is 0.444. The van der Waals surface area contributed by atoms with Crippen molar-refractivity contribution in [2.45, 2.75) is 0 Å². The zero-order chi connectivity index (χ0) is 29.5. The molecule has 2 aromatic heterocycles. The molecule has 0 radical (unpaired) electrons. The summed E-state index contributed by atoms with van der Waals surface area (Å²) in [6.07, 6.45) is 3.54. The molecule has 2 aromatic rings. The molecule has 3 rings (SSSR count). The van der Waals surface area contributed by atoms with E-state index in [1.165, 1.54) is 0 Å². The van der Waals surface area contributed by atoms with Gasteiger partial charge in [-0.1, -0.05) is 12.1 Å². The molecule has 6 nitrogen and oxygen atoms in total. The number of nitrogens with zero attached hydrogens (tertiary/aromatic N) is 2. The van der Waals surface area contributed by atoms with Crippen molar-refractivity contribution in [3.8, 4) is 11.4 Å². The standard InChI is InChI=1S/C10H8N2.C8H20N4.2F6P.Ru/c1-3-7-11-9(5-1)10-6-2-4-8-12-10;1-2-10-5-6-12-8-7-11-4-3-9-1;2*1-7(2,3,4,5)6;/h1-8H;9-12H,1-8H2;;;/q;;2*-1;+6. The van der Waals surface area contributed by atoms with Crippen LogP contribution >= 0.6 is 15.6 Å². The Kier molecular flexibility index (Phi) is 15.0. The van der Waals surface area contributed by atoms with Crippen LogP contribution in [0.2, 0.25) is 0 Å². The topological polar surface area (TPSA) is 73.9 Å². The van der Waals surface area contributed by atoms with Gasteiger partial charge in [-0.25, -0.2) is 0 Å². The molecule has 1 aliphatic heterocycles. The molecule has 39 heavy (non-hydrogen) atoms. The van der Waals surface area contributed by atoms with Gasteiger partial charge < -0.3 is 21.3 Å². The van der Waals surface area contributed by atoms with Crippen molar-refractivity contribution in [2.75, 3.05) is 52.4 Å². The summed E-state index contributed by atoms with van der Waals surface area (Å²) in [6, 6.07) is 11.6. The van der Waals surface area contributed by atoms with E-state index < -0.39 is 15.6 Å². The molecule has 0 unspecified atom stereocenters. The first-order chi connectivity index (χ1) is 16.9. The summed E-state index contributed by atoms with van der Waals surface area (Å²) in [5.41, 5.74) is 1.83. The van der Waals surface area contributed by atoms with Gasteiger partial charge in [-0.05, 0) is 24.3 Å². The summed E-state index contributed by atoms with van der Waals surface area (Å²) in [5, 5.41) is 13.4. The Morgan fingerprint density at radius 1 is 0.436 bits per heavy atom. The maximum Gasteiger partial charge on any atom is 6.00 e. The minimum atomic E-state index is -10.7. The zero-order valence-electron chi connectivity index (χ0n) is 20.0. The van der Waals surface area contributed by atoms with Crippen molar-refractivity contribution in [1.29, 1.82) is 0 Å². The Bertz CT molecular complexity index is 789. The van der Waals surface area contributed by atoms with Gasteiger partial charge in [-0.15, -0.1) is 0 Å². The van der Waals surface area contributed by atoms with E-state index in [1.807, 2.05) is 36.4 Å². The third-order valence-corrected chi connectivity index (χ3v) is 3.51. The second-order valence-electron chi connectivity index (χ2n) is 7.35. The van der Waals surface area contributed by atoms with E-state index >= 15 is 0 Å². The minimum Gasteiger partial charge on any atom is -0.255 e. The Balaban J connectivity index is 0. The van der Waals surface area contributed by atoms with Gasteiger partial charge in [0, 0.05) is 64.8 Å². The SMILES string of the molecule is C1CNCCNCCNCCN1.F[P-](F)(F)(F)(F)F.F[P-](F)(F)(F)(F)F.[Ru+6].c1ccc(-c2ccccn2)nc1. The molecule has 0 atom stereocenters. The average molecular weight is 719 g/mol. The first kappa shape index (κ1) is 39.9. The molecule has 3 heterocycles. The third kappa shape index (κ3) is 47.0. The second-order valence-corrected chi connectivity index (χ2v) is 11.2. The molecule has 4 N–H and O–H groups in total. The van der Waals surface area contributed by atoms with Crippen LogP contribution in [0.5, 0.6) is 0 Å². The molecule has 1 fully saturated rings. The zero-order valence-corrected chi connectivity index (χ0v) is 23.5. The van der Waals surface area contributed by atoms with Gasteiger partial charge in [0.15, 0.2) is 0 Å². The van der Waals surface area contributed by atoms with Crippen LogP contribution in [0.25, 0.3) is 11.4 Å². The van der Waals surface area contributed by atoms with Crippen molar-refractivity contribution in [3.63, 3.8) is 0 Å². The van der Waals surface area contributed by atoms with Crippen LogP contribution in [-0.4, -0.2) is 62.3 Å². The van der Waals surface area contributed by atoms with E-state index in [1.54, 1.807) is 12.4 Å². The molecule has 0 saturated carbocycles. The number of hydrogen-bond donors (Lipinski definition) is 4. The fourth-order valence-corrected chi connectivity index (χ4v) is 2.24. The van der Waals surface area contributed by atoms with E-state index in [4.69, 9.17) is 0 Å². The van der Waals surface area contributed by atoms with Gasteiger partial charge in [-0.3, -0.25) is 9.97 Å². The molecule has 1 aliphatic rings. The molecule has 228 valence electrons. The molecule has 0 aromatic carbocycles. The number of nitrogens with one attached hydrogen (secondary N) is 4. The molecular formula is C18H28F12N6P2Ru+4. The summed E-state index contributed by atoms with van der Waals surface area (Å²) in [5.74, 6) is 0. The van der Waals surface area contributed by atoms with Crippen LogP contribution in [0.3, 0.4) is 0 Å². The van der Waals surface area contributed by atoms with Crippen LogP contribution in [0.15, 0.2) is 48.8 Å². The summed E-state index contributed by atoms with van der Waals surface area (Å²) in [6.45, 7) is 8.57. The number of halogens is 12. The number of hydrogen-bond acceptors (Lipinski definition) is 6. The largest absolute Gasteiger partial charge is 6.00 e. The van der Waals surface area contributed by atoms with Crippen LogP contribution in [0.1, 0.15) is 0 Å². The van der Waals surface area contributed by atoms with E-state index in [0.717, 1.165) is 63.7 Å². The second kappa shape index (κ2) is 14.6. The first-order valence-corrected chi connectivity index (χ1v) is 14.7. The number of aromatic nitrogens is 2. The van der Waals surface area contributed by atoms with E-state index in [9.17, 15) is 50.4 Å². The van der Waals surface area contributed by atoms with Crippen molar-refractivity contribution in [2.24, 2.45) is 0 Å². The Hall–Kier alpha value is -1.22. The van der Waals surface area contributed by atoms with E-state index in [0.29, 0.717) is 0 Å². The van der Waals surface area contributed by atoms with Gasteiger partial charge in [0.05, 0.1) is 11.4 Å². The predicted molar refractivity (Wildman–Crippen MR) is 126 cm³/mol. The average Bonchev–Trinajstić information content (AvgIpc) is 2.72. The number of rotatable bonds is 1.